The van der Waals surface area contributed by atoms with E-state index < -0.39 is 0 Å². The van der Waals surface area contributed by atoms with Gasteiger partial charge in [-0.1, -0.05) is 6.07 Å². The number of halogens is 3. The third-order valence-electron chi connectivity index (χ3n) is 3.61. The minimum Gasteiger partial charge on any atom is -1.00 e. The molecule has 0 amide bonds. The summed E-state index contributed by atoms with van der Waals surface area (Å²) in [6, 6.07) is 6.07. The zero-order valence-electron chi connectivity index (χ0n) is 13.7. The first-order valence-electron chi connectivity index (χ1n) is 6.78. The Hall–Kier alpha value is -0.716. The number of amidine groups is 2. The van der Waals surface area contributed by atoms with Gasteiger partial charge in [-0.2, -0.15) is 0 Å². The first-order chi connectivity index (χ1) is 9.54. The van der Waals surface area contributed by atoms with E-state index in [1.807, 2.05) is 45.9 Å². The van der Waals surface area contributed by atoms with Gasteiger partial charge >= 0.3 is 18.6 Å². The van der Waals surface area contributed by atoms with Crippen molar-refractivity contribution in [3.05, 3.63) is 29.6 Å². The topological polar surface area (TPSA) is 62.3 Å². The van der Waals surface area contributed by atoms with Crippen LogP contribution in [-0.2, 0) is 18.6 Å². The Labute approximate surface area is 172 Å². The second-order valence-corrected chi connectivity index (χ2v) is 5.17. The maximum Gasteiger partial charge on any atom is 3.00 e. The number of hydrogen-bond acceptors (Lipinski definition) is 5. The van der Waals surface area contributed by atoms with Crippen molar-refractivity contribution in [2.45, 2.75) is 39.8 Å². The van der Waals surface area contributed by atoms with Crippen LogP contribution >= 0.6 is 0 Å². The van der Waals surface area contributed by atoms with Crippen molar-refractivity contribution in [1.82, 2.24) is 4.98 Å². The summed E-state index contributed by atoms with van der Waals surface area (Å²) in [6.07, 6.45) is 0. The van der Waals surface area contributed by atoms with Crippen molar-refractivity contribution < 1.29 is 55.8 Å². The van der Waals surface area contributed by atoms with Crippen LogP contribution in [0.5, 0.6) is 0 Å². The summed E-state index contributed by atoms with van der Waals surface area (Å²) >= 11 is 0. The van der Waals surface area contributed by atoms with Crippen LogP contribution in [0.2, 0.25) is 0 Å². The largest absolute Gasteiger partial charge is 3.00 e. The minimum atomic E-state index is 0. The molecule has 0 N–H and O–H groups in total. The van der Waals surface area contributed by atoms with Gasteiger partial charge in [-0.05, 0) is 39.8 Å². The van der Waals surface area contributed by atoms with Crippen molar-refractivity contribution in [1.29, 1.82) is 0 Å². The monoisotopic (exact) mass is 423 g/mol. The average molecular weight is 425 g/mol. The Morgan fingerprint density at radius 1 is 0.750 bits per heavy atom. The van der Waals surface area contributed by atoms with E-state index in [0.717, 1.165) is 22.8 Å². The second-order valence-electron chi connectivity index (χ2n) is 5.17. The normalized spacial score (nSPS) is 21.0. The molecule has 0 aliphatic carbocycles. The van der Waals surface area contributed by atoms with Crippen LogP contribution in [0.25, 0.3) is 0 Å². The predicted octanol–water partition coefficient (Wildman–Crippen LogP) is -6.69. The van der Waals surface area contributed by atoms with Crippen LogP contribution in [0.1, 0.15) is 39.1 Å². The molecule has 1 aromatic rings. The van der Waals surface area contributed by atoms with Gasteiger partial charge in [-0.3, -0.25) is 9.98 Å². The fourth-order valence-corrected chi connectivity index (χ4v) is 2.06. The molecule has 1 aromatic heterocycles. The van der Waals surface area contributed by atoms with E-state index in [4.69, 9.17) is 0 Å². The van der Waals surface area contributed by atoms with E-state index in [2.05, 4.69) is 25.0 Å². The van der Waals surface area contributed by atoms with Crippen LogP contribution in [-0.4, -0.2) is 40.2 Å². The van der Waals surface area contributed by atoms with E-state index >= 15 is 0 Å². The molecule has 0 fully saturated rings. The Morgan fingerprint density at radius 2 is 1.12 bits per heavy atom. The summed E-state index contributed by atoms with van der Waals surface area (Å²) in [4.78, 5) is 22.6. The van der Waals surface area contributed by atoms with E-state index in [-0.39, 0.29) is 67.9 Å². The van der Waals surface area contributed by atoms with Crippen molar-refractivity contribution in [2.75, 3.05) is 0 Å². The van der Waals surface area contributed by atoms with Gasteiger partial charge in [0.05, 0.1) is 12.1 Å². The average Bonchev–Trinajstić information content (AvgIpc) is 2.94. The molecule has 3 heterocycles. The molecule has 2 atom stereocenters. The van der Waals surface area contributed by atoms with Gasteiger partial charge in [-0.25, -0.2) is 15.0 Å². The molecule has 128 valence electrons. The van der Waals surface area contributed by atoms with E-state index in [1.165, 1.54) is 0 Å². The smallest absolute Gasteiger partial charge is 1.00 e. The molecule has 0 aromatic carbocycles. The SMILES string of the molecule is CC1=NC(c2cccc(C3=NC(C)C(C)=N3)n2)=NC1C.[Cl-].[Cl-].[Cl-].[V+3]. The van der Waals surface area contributed by atoms with Gasteiger partial charge in [0.1, 0.15) is 11.4 Å². The number of rotatable bonds is 2. The number of pyridine rings is 1. The fourth-order valence-electron chi connectivity index (χ4n) is 2.06. The molecule has 5 nitrogen and oxygen atoms in total. The molecule has 0 saturated heterocycles. The number of aliphatic imine (C=N–C) groups is 4. The molecule has 3 rings (SSSR count). The second kappa shape index (κ2) is 10.3. The Balaban J connectivity index is 0. The Morgan fingerprint density at radius 3 is 1.42 bits per heavy atom. The zero-order chi connectivity index (χ0) is 14.3. The maximum atomic E-state index is 4.60. The first kappa shape index (κ1) is 25.5. The van der Waals surface area contributed by atoms with Crippen molar-refractivity contribution >= 4 is 23.1 Å². The molecule has 2 unspecified atom stereocenters. The van der Waals surface area contributed by atoms with Gasteiger partial charge in [0.25, 0.3) is 0 Å². The summed E-state index contributed by atoms with van der Waals surface area (Å²) in [5.74, 6) is 1.40. The molecule has 0 spiro atoms. The van der Waals surface area contributed by atoms with E-state index in [1.54, 1.807) is 0 Å². The molecule has 2 aliphatic heterocycles. The van der Waals surface area contributed by atoms with Gasteiger partial charge in [0, 0.05) is 11.4 Å². The molecular formula is C15H17Cl3N5V. The van der Waals surface area contributed by atoms with Crippen LogP contribution in [0, 0.1) is 0 Å². The molecule has 24 heavy (non-hydrogen) atoms. The zero-order valence-corrected chi connectivity index (χ0v) is 17.4. The molecule has 0 saturated carbocycles. The Bertz CT molecular complexity index is 645. The molecular weight excluding hydrogens is 408 g/mol. The number of hydrogen-bond donors (Lipinski definition) is 0. The molecule has 2 aliphatic rings. The van der Waals surface area contributed by atoms with Gasteiger partial charge in [0.15, 0.2) is 11.7 Å². The van der Waals surface area contributed by atoms with Crippen LogP contribution in [0.3, 0.4) is 0 Å². The summed E-state index contributed by atoms with van der Waals surface area (Å²) in [5.41, 5.74) is 3.60. The van der Waals surface area contributed by atoms with Crippen LogP contribution in [0.15, 0.2) is 38.2 Å². The van der Waals surface area contributed by atoms with Gasteiger partial charge < -0.3 is 37.2 Å². The molecule has 9 heteroatoms. The molecule has 0 bridgehead atoms. The van der Waals surface area contributed by atoms with Crippen LogP contribution in [0.4, 0.5) is 0 Å². The summed E-state index contributed by atoms with van der Waals surface area (Å²) < 4.78 is 0. The summed E-state index contributed by atoms with van der Waals surface area (Å²) in [7, 11) is 0. The molecule has 0 radical (unpaired) electrons. The fraction of sp³-hybridized carbons (Fsp3) is 0.400. The number of nitrogens with zero attached hydrogens (tertiary/aromatic N) is 5. The number of aromatic nitrogens is 1. The van der Waals surface area contributed by atoms with Gasteiger partial charge in [-0.15, -0.1) is 0 Å². The first-order valence-corrected chi connectivity index (χ1v) is 6.78. The van der Waals surface area contributed by atoms with Crippen molar-refractivity contribution in [3.63, 3.8) is 0 Å². The van der Waals surface area contributed by atoms with Gasteiger partial charge in [0.2, 0.25) is 0 Å². The third kappa shape index (κ3) is 5.14. The predicted molar refractivity (Wildman–Crippen MR) is 82.5 cm³/mol. The summed E-state index contributed by atoms with van der Waals surface area (Å²) in [6.45, 7) is 8.04. The van der Waals surface area contributed by atoms with E-state index in [0.29, 0.717) is 11.7 Å². The standard InChI is InChI=1S/C15H17N5.3ClH.V/c1-8-9(2)17-14(16-8)12-6-5-7-13(20-12)15-18-10(3)11(4)19-15;;;;/h5-8,10H,1-4H3;3*1H;/q;;;;+3/p-3. The van der Waals surface area contributed by atoms with Crippen molar-refractivity contribution in [2.24, 2.45) is 20.0 Å². The summed E-state index contributed by atoms with van der Waals surface area (Å²) in [5, 5.41) is 0. The van der Waals surface area contributed by atoms with Crippen LogP contribution < -0.4 is 37.2 Å². The Kier molecular flexibility index (Phi) is 11.0. The van der Waals surface area contributed by atoms with Crippen molar-refractivity contribution in [3.8, 4) is 0 Å². The van der Waals surface area contributed by atoms with E-state index in [9.17, 15) is 0 Å². The third-order valence-corrected chi connectivity index (χ3v) is 3.61. The quantitative estimate of drug-likeness (QED) is 0.466. The minimum absolute atomic E-state index is 0. The maximum absolute atomic E-state index is 4.60.